The van der Waals surface area contributed by atoms with E-state index in [9.17, 15) is 19.2 Å². The second-order valence-corrected chi connectivity index (χ2v) is 6.03. The molecule has 0 bridgehead atoms. The van der Waals surface area contributed by atoms with Crippen molar-refractivity contribution < 1.29 is 18.8 Å². The van der Waals surface area contributed by atoms with Gasteiger partial charge in [0.15, 0.2) is 17.3 Å². The van der Waals surface area contributed by atoms with Crippen molar-refractivity contribution in [1.29, 1.82) is 0 Å². The molecule has 0 aliphatic carbocycles. The Morgan fingerprint density at radius 2 is 1.38 bits per heavy atom. The first-order valence-electron chi connectivity index (χ1n) is 8.05. The molecule has 0 amide bonds. The smallest absolute Gasteiger partial charge is 0.204 e. The molecule has 0 aliphatic heterocycles. The van der Waals surface area contributed by atoms with Gasteiger partial charge in [-0.15, -0.1) is 0 Å². The van der Waals surface area contributed by atoms with Gasteiger partial charge in [-0.25, -0.2) is 0 Å². The first kappa shape index (κ1) is 17.5. The number of rotatable bonds is 4. The summed E-state index contributed by atoms with van der Waals surface area (Å²) in [4.78, 5) is 49.3. The van der Waals surface area contributed by atoms with E-state index in [4.69, 9.17) is 4.42 Å². The fourth-order valence-corrected chi connectivity index (χ4v) is 3.05. The van der Waals surface area contributed by atoms with Crippen molar-refractivity contribution in [3.63, 3.8) is 0 Å². The Morgan fingerprint density at radius 1 is 0.769 bits per heavy atom. The van der Waals surface area contributed by atoms with E-state index in [0.717, 1.165) is 0 Å². The Morgan fingerprint density at radius 3 is 1.92 bits per heavy atom. The lowest BCUT2D eigenvalue weighted by Gasteiger charge is -2.12. The number of benzene rings is 2. The zero-order chi connectivity index (χ0) is 19.0. The highest BCUT2D eigenvalue weighted by atomic mass is 16.3. The lowest BCUT2D eigenvalue weighted by molar-refractivity contribution is 0.0982. The summed E-state index contributed by atoms with van der Waals surface area (Å²) in [6, 6.07) is 11.7. The van der Waals surface area contributed by atoms with E-state index in [1.165, 1.54) is 32.9 Å². The molecule has 26 heavy (non-hydrogen) atoms. The summed E-state index contributed by atoms with van der Waals surface area (Å²) < 4.78 is 5.86. The molecule has 130 valence electrons. The zero-order valence-corrected chi connectivity index (χ0v) is 14.6. The van der Waals surface area contributed by atoms with Crippen molar-refractivity contribution in [1.82, 2.24) is 0 Å². The SMILES string of the molecule is CC(=O)c1ccc2oc(-c3ccccc3)c(C(C)=O)c(=O)c2c1C(C)=O. The molecule has 0 saturated carbocycles. The van der Waals surface area contributed by atoms with Crippen LogP contribution in [0.5, 0.6) is 0 Å². The van der Waals surface area contributed by atoms with E-state index >= 15 is 0 Å². The van der Waals surface area contributed by atoms with E-state index in [1.807, 2.05) is 6.07 Å². The summed E-state index contributed by atoms with van der Waals surface area (Å²) in [6.07, 6.45) is 0. The van der Waals surface area contributed by atoms with Gasteiger partial charge >= 0.3 is 0 Å². The molecule has 0 unspecified atom stereocenters. The average Bonchev–Trinajstić information content (AvgIpc) is 2.60. The van der Waals surface area contributed by atoms with E-state index in [0.29, 0.717) is 5.56 Å². The van der Waals surface area contributed by atoms with Gasteiger partial charge in [-0.1, -0.05) is 30.3 Å². The molecule has 0 N–H and O–H groups in total. The highest BCUT2D eigenvalue weighted by Gasteiger charge is 2.24. The maximum Gasteiger partial charge on any atom is 0.204 e. The van der Waals surface area contributed by atoms with Crippen LogP contribution in [-0.4, -0.2) is 17.3 Å². The Kier molecular flexibility index (Phi) is 4.38. The summed E-state index contributed by atoms with van der Waals surface area (Å²) in [6.45, 7) is 3.87. The molecule has 0 fully saturated rings. The van der Waals surface area contributed by atoms with Crippen LogP contribution >= 0.6 is 0 Å². The van der Waals surface area contributed by atoms with Gasteiger partial charge in [0, 0.05) is 16.7 Å². The van der Waals surface area contributed by atoms with Crippen LogP contribution in [0.15, 0.2) is 51.7 Å². The van der Waals surface area contributed by atoms with Gasteiger partial charge in [0.1, 0.15) is 16.9 Å². The molecule has 3 rings (SSSR count). The minimum Gasteiger partial charge on any atom is -0.455 e. The minimum atomic E-state index is -0.606. The Labute approximate surface area is 149 Å². The highest BCUT2D eigenvalue weighted by Crippen LogP contribution is 2.29. The summed E-state index contributed by atoms with van der Waals surface area (Å²) in [7, 11) is 0. The molecule has 1 aromatic heterocycles. The maximum atomic E-state index is 13.1. The molecular formula is C21H16O5. The standard InChI is InChI=1S/C21H16O5/c1-11(22)15-9-10-16-19(17(15)12(2)23)20(25)18(13(3)24)21(26-16)14-7-5-4-6-8-14/h4-10H,1-3H3. The van der Waals surface area contributed by atoms with Crippen molar-refractivity contribution in [2.75, 3.05) is 0 Å². The van der Waals surface area contributed by atoms with E-state index in [-0.39, 0.29) is 39.2 Å². The van der Waals surface area contributed by atoms with Crippen LogP contribution in [0, 0.1) is 0 Å². The first-order chi connectivity index (χ1) is 12.3. The number of carbonyl (C=O) groups excluding carboxylic acids is 3. The predicted molar refractivity (Wildman–Crippen MR) is 97.9 cm³/mol. The van der Waals surface area contributed by atoms with Crippen LogP contribution in [0.3, 0.4) is 0 Å². The molecule has 0 atom stereocenters. The summed E-state index contributed by atoms with van der Waals surface area (Å²) in [5, 5.41) is -0.0323. The number of fused-ring (bicyclic) bond motifs is 1. The van der Waals surface area contributed by atoms with E-state index < -0.39 is 17.0 Å². The molecule has 0 aliphatic rings. The van der Waals surface area contributed by atoms with Crippen molar-refractivity contribution in [2.45, 2.75) is 20.8 Å². The second-order valence-electron chi connectivity index (χ2n) is 6.03. The van der Waals surface area contributed by atoms with E-state index in [1.54, 1.807) is 24.3 Å². The lowest BCUT2D eigenvalue weighted by atomic mass is 9.94. The van der Waals surface area contributed by atoms with Crippen molar-refractivity contribution >= 4 is 28.3 Å². The van der Waals surface area contributed by atoms with Gasteiger partial charge in [0.05, 0.1) is 5.39 Å². The molecule has 5 heteroatoms. The van der Waals surface area contributed by atoms with Crippen molar-refractivity contribution in [3.05, 3.63) is 69.4 Å². The molecule has 2 aromatic carbocycles. The van der Waals surface area contributed by atoms with Crippen LogP contribution in [0.25, 0.3) is 22.3 Å². The maximum absolute atomic E-state index is 13.1. The molecule has 3 aromatic rings. The monoisotopic (exact) mass is 348 g/mol. The minimum absolute atomic E-state index is 0.00846. The molecule has 5 nitrogen and oxygen atoms in total. The van der Waals surface area contributed by atoms with E-state index in [2.05, 4.69) is 0 Å². The largest absolute Gasteiger partial charge is 0.455 e. The van der Waals surface area contributed by atoms with Crippen LogP contribution in [0.2, 0.25) is 0 Å². The molecular weight excluding hydrogens is 332 g/mol. The topological polar surface area (TPSA) is 81.4 Å². The molecule has 0 spiro atoms. The normalized spacial score (nSPS) is 10.7. The van der Waals surface area contributed by atoms with Crippen LogP contribution < -0.4 is 5.43 Å². The van der Waals surface area contributed by atoms with Gasteiger partial charge in [-0.3, -0.25) is 19.2 Å². The van der Waals surface area contributed by atoms with Crippen LogP contribution in [0.1, 0.15) is 51.8 Å². The highest BCUT2D eigenvalue weighted by molar-refractivity contribution is 6.16. The van der Waals surface area contributed by atoms with Crippen LogP contribution in [0.4, 0.5) is 0 Å². The fourth-order valence-electron chi connectivity index (χ4n) is 3.05. The third kappa shape index (κ3) is 2.77. The third-order valence-corrected chi connectivity index (χ3v) is 4.18. The lowest BCUT2D eigenvalue weighted by Crippen LogP contribution is -2.18. The van der Waals surface area contributed by atoms with Gasteiger partial charge in [-0.2, -0.15) is 0 Å². The van der Waals surface area contributed by atoms with Gasteiger partial charge in [0.2, 0.25) is 5.43 Å². The van der Waals surface area contributed by atoms with Crippen LogP contribution in [-0.2, 0) is 0 Å². The second kappa shape index (κ2) is 6.52. The van der Waals surface area contributed by atoms with Gasteiger partial charge in [-0.05, 0) is 32.9 Å². The molecule has 1 heterocycles. The third-order valence-electron chi connectivity index (χ3n) is 4.18. The number of ketones is 3. The average molecular weight is 348 g/mol. The Bertz CT molecular complexity index is 1120. The Hall–Kier alpha value is -3.34. The van der Waals surface area contributed by atoms with Gasteiger partial charge in [0.25, 0.3) is 0 Å². The predicted octanol–water partition coefficient (Wildman–Crippen LogP) is 4.07. The molecule has 0 radical (unpaired) electrons. The number of hydrogen-bond acceptors (Lipinski definition) is 5. The number of Topliss-reactive ketones (excluding diaryl/α,β-unsaturated/α-hetero) is 3. The Balaban J connectivity index is 2.54. The number of hydrogen-bond donors (Lipinski definition) is 0. The summed E-state index contributed by atoms with van der Waals surface area (Å²) in [5.74, 6) is -1.09. The summed E-state index contributed by atoms with van der Waals surface area (Å²) >= 11 is 0. The van der Waals surface area contributed by atoms with Crippen molar-refractivity contribution in [2.24, 2.45) is 0 Å². The number of carbonyl (C=O) groups is 3. The quantitative estimate of drug-likeness (QED) is 0.664. The summed E-state index contributed by atoms with van der Waals surface area (Å²) in [5.41, 5.74) is 0.133. The fraction of sp³-hybridized carbons (Fsp3) is 0.143. The zero-order valence-electron chi connectivity index (χ0n) is 14.6. The van der Waals surface area contributed by atoms with Crippen molar-refractivity contribution in [3.8, 4) is 11.3 Å². The van der Waals surface area contributed by atoms with Gasteiger partial charge < -0.3 is 4.42 Å². The first-order valence-corrected chi connectivity index (χ1v) is 8.05. The molecule has 0 saturated heterocycles.